The summed E-state index contributed by atoms with van der Waals surface area (Å²) in [6, 6.07) is 11.0. The fraction of sp³-hybridized carbons (Fsp3) is 0.286. The van der Waals surface area contributed by atoms with Gasteiger partial charge in [-0.3, -0.25) is 4.79 Å². The zero-order valence-electron chi connectivity index (χ0n) is 18.2. The van der Waals surface area contributed by atoms with Gasteiger partial charge < -0.3 is 24.4 Å². The smallest absolute Gasteiger partial charge is 0.347 e. The number of hydrogen-bond donors (Lipinski definition) is 1. The van der Waals surface area contributed by atoms with Crippen molar-refractivity contribution in [3.05, 3.63) is 48.0 Å². The van der Waals surface area contributed by atoms with E-state index in [2.05, 4.69) is 10.5 Å². The number of fused-ring (bicyclic) bond motifs is 1. The maximum Gasteiger partial charge on any atom is 0.347 e. The molecule has 33 heavy (non-hydrogen) atoms. The zero-order valence-corrected chi connectivity index (χ0v) is 19.0. The predicted molar refractivity (Wildman–Crippen MR) is 118 cm³/mol. The summed E-state index contributed by atoms with van der Waals surface area (Å²) >= 11 is 0. The number of hydrogen-bond acceptors (Lipinski definition) is 9. The molecule has 176 valence electrons. The van der Waals surface area contributed by atoms with Gasteiger partial charge in [0.05, 0.1) is 10.6 Å². The molecule has 0 fully saturated rings. The maximum absolute atomic E-state index is 12.2. The van der Waals surface area contributed by atoms with Gasteiger partial charge in [-0.2, -0.15) is 0 Å². The largest absolute Gasteiger partial charge is 0.454 e. The van der Waals surface area contributed by atoms with Crippen LogP contribution in [0.4, 0.5) is 5.69 Å². The van der Waals surface area contributed by atoms with Crippen LogP contribution in [0.25, 0.3) is 0 Å². The summed E-state index contributed by atoms with van der Waals surface area (Å²) in [5.74, 6) is -0.197. The predicted octanol–water partition coefficient (Wildman–Crippen LogP) is 1.59. The molecule has 0 aromatic heterocycles. The van der Waals surface area contributed by atoms with Crippen molar-refractivity contribution < 1.29 is 37.1 Å². The van der Waals surface area contributed by atoms with Gasteiger partial charge in [-0.15, -0.1) is 0 Å². The minimum atomic E-state index is -3.65. The first-order valence-corrected chi connectivity index (χ1v) is 11.2. The molecule has 0 aliphatic carbocycles. The Kier molecular flexibility index (Phi) is 7.51. The second-order valence-electron chi connectivity index (χ2n) is 7.04. The Hall–Kier alpha value is -3.64. The molecule has 0 atom stereocenters. The van der Waals surface area contributed by atoms with Crippen LogP contribution in [0.5, 0.6) is 11.5 Å². The van der Waals surface area contributed by atoms with E-state index in [4.69, 9.17) is 19.0 Å². The molecule has 11 nitrogen and oxygen atoms in total. The van der Waals surface area contributed by atoms with Crippen LogP contribution in [0.15, 0.2) is 52.5 Å². The van der Waals surface area contributed by atoms with Crippen molar-refractivity contribution in [3.63, 3.8) is 0 Å². The summed E-state index contributed by atoms with van der Waals surface area (Å²) in [7, 11) is -0.836. The summed E-state index contributed by atoms with van der Waals surface area (Å²) in [4.78, 5) is 28.9. The average Bonchev–Trinajstić information content (AvgIpc) is 3.25. The van der Waals surface area contributed by atoms with E-state index >= 15 is 0 Å². The van der Waals surface area contributed by atoms with Crippen LogP contribution < -0.4 is 14.8 Å². The summed E-state index contributed by atoms with van der Waals surface area (Å²) in [5, 5.41) is 6.34. The first-order valence-electron chi connectivity index (χ1n) is 9.71. The number of nitrogens with one attached hydrogen (secondary N) is 1. The molecule has 0 saturated heterocycles. The topological polar surface area (TPSA) is 133 Å². The van der Waals surface area contributed by atoms with Crippen molar-refractivity contribution in [2.24, 2.45) is 5.16 Å². The molecule has 0 bridgehead atoms. The van der Waals surface area contributed by atoms with Crippen molar-refractivity contribution in [2.75, 3.05) is 39.4 Å². The fourth-order valence-corrected chi connectivity index (χ4v) is 3.63. The van der Waals surface area contributed by atoms with Crippen molar-refractivity contribution in [1.29, 1.82) is 0 Å². The van der Waals surface area contributed by atoms with E-state index in [1.165, 1.54) is 38.4 Å². The number of benzene rings is 2. The second kappa shape index (κ2) is 10.3. The molecule has 1 aliphatic rings. The minimum absolute atomic E-state index is 0.0198. The van der Waals surface area contributed by atoms with E-state index in [1.807, 2.05) is 0 Å². The molecule has 1 aliphatic heterocycles. The van der Waals surface area contributed by atoms with Crippen molar-refractivity contribution in [2.45, 2.75) is 11.8 Å². The number of amides is 1. The number of rotatable bonds is 9. The van der Waals surface area contributed by atoms with E-state index in [-0.39, 0.29) is 17.4 Å². The first kappa shape index (κ1) is 24.0. The molecule has 2 aromatic rings. The van der Waals surface area contributed by atoms with Gasteiger partial charge in [0.1, 0.15) is 0 Å². The van der Waals surface area contributed by atoms with Gasteiger partial charge in [-0.1, -0.05) is 11.2 Å². The first-order chi connectivity index (χ1) is 15.7. The highest BCUT2D eigenvalue weighted by atomic mass is 32.2. The molecule has 12 heteroatoms. The molecule has 1 N–H and O–H groups in total. The Bertz CT molecular complexity index is 1180. The average molecular weight is 477 g/mol. The third kappa shape index (κ3) is 6.20. The van der Waals surface area contributed by atoms with Crippen LogP contribution in [0.1, 0.15) is 12.5 Å². The third-order valence-electron chi connectivity index (χ3n) is 4.43. The number of oxime groups is 1. The Balaban J connectivity index is 1.45. The summed E-state index contributed by atoms with van der Waals surface area (Å²) in [6.45, 7) is 0.788. The molecule has 0 spiro atoms. The van der Waals surface area contributed by atoms with Crippen molar-refractivity contribution in [1.82, 2.24) is 4.31 Å². The van der Waals surface area contributed by atoms with Gasteiger partial charge in [0, 0.05) is 25.3 Å². The number of carbonyl (C=O) groups is 2. The Morgan fingerprint density at radius 3 is 2.61 bits per heavy atom. The monoisotopic (exact) mass is 477 g/mol. The quantitative estimate of drug-likeness (QED) is 0.327. The summed E-state index contributed by atoms with van der Waals surface area (Å²) in [5.41, 5.74) is 1.48. The Labute approximate surface area is 190 Å². The number of sulfonamides is 1. The van der Waals surface area contributed by atoms with E-state index in [9.17, 15) is 18.0 Å². The number of nitrogens with zero attached hydrogens (tertiary/aromatic N) is 2. The van der Waals surface area contributed by atoms with Gasteiger partial charge in [0.15, 0.2) is 18.1 Å². The normalized spacial score (nSPS) is 13.0. The van der Waals surface area contributed by atoms with E-state index in [1.54, 1.807) is 25.1 Å². The molecule has 1 heterocycles. The SMILES string of the molecule is C/C(=N/OCC(=O)OCC(=O)Nc1cccc(S(=O)(=O)N(C)C)c1)c1ccc2c(c1)OCO2. The highest BCUT2D eigenvalue weighted by molar-refractivity contribution is 7.89. The molecule has 1 amide bonds. The van der Waals surface area contributed by atoms with Crippen LogP contribution in [0.2, 0.25) is 0 Å². The lowest BCUT2D eigenvalue weighted by molar-refractivity contribution is -0.151. The number of anilines is 1. The van der Waals surface area contributed by atoms with Crippen LogP contribution in [-0.2, 0) is 29.2 Å². The van der Waals surface area contributed by atoms with Crippen LogP contribution >= 0.6 is 0 Å². The summed E-state index contributed by atoms with van der Waals surface area (Å²) in [6.07, 6.45) is 0. The van der Waals surface area contributed by atoms with Gasteiger partial charge in [-0.25, -0.2) is 17.5 Å². The molecular formula is C21H23N3O8S. The van der Waals surface area contributed by atoms with Crippen LogP contribution in [-0.4, -0.2) is 64.4 Å². The lowest BCUT2D eigenvalue weighted by atomic mass is 10.1. The van der Waals surface area contributed by atoms with E-state index in [0.29, 0.717) is 17.2 Å². The molecular weight excluding hydrogens is 454 g/mol. The zero-order chi connectivity index (χ0) is 24.0. The lowest BCUT2D eigenvalue weighted by Crippen LogP contribution is -2.24. The Morgan fingerprint density at radius 1 is 1.09 bits per heavy atom. The van der Waals surface area contributed by atoms with Gasteiger partial charge >= 0.3 is 5.97 Å². The van der Waals surface area contributed by atoms with E-state index in [0.717, 1.165) is 9.87 Å². The lowest BCUT2D eigenvalue weighted by Gasteiger charge is -2.12. The highest BCUT2D eigenvalue weighted by Crippen LogP contribution is 2.32. The second-order valence-corrected chi connectivity index (χ2v) is 9.19. The third-order valence-corrected chi connectivity index (χ3v) is 6.25. The van der Waals surface area contributed by atoms with Crippen molar-refractivity contribution >= 4 is 33.3 Å². The molecule has 0 unspecified atom stereocenters. The maximum atomic E-state index is 12.2. The minimum Gasteiger partial charge on any atom is -0.454 e. The fourth-order valence-electron chi connectivity index (χ4n) is 2.69. The standard InChI is InChI=1S/C21H23N3O8S/c1-14(15-7-8-18-19(9-15)31-13-30-18)23-32-12-21(26)29-11-20(25)22-16-5-4-6-17(10-16)33(27,28)24(2)3/h4-10H,11-13H2,1-3H3,(H,22,25)/b23-14-. The van der Waals surface area contributed by atoms with Crippen LogP contribution in [0.3, 0.4) is 0 Å². The molecule has 2 aromatic carbocycles. The number of ether oxygens (including phenoxy) is 3. The molecule has 0 saturated carbocycles. The van der Waals surface area contributed by atoms with E-state index < -0.39 is 35.1 Å². The highest BCUT2D eigenvalue weighted by Gasteiger charge is 2.18. The molecule has 3 rings (SSSR count). The summed E-state index contributed by atoms with van der Waals surface area (Å²) < 4.78 is 40.8. The van der Waals surface area contributed by atoms with Gasteiger partial charge in [0.2, 0.25) is 23.4 Å². The number of carbonyl (C=O) groups excluding carboxylic acids is 2. The Morgan fingerprint density at radius 2 is 1.85 bits per heavy atom. The molecule has 0 radical (unpaired) electrons. The van der Waals surface area contributed by atoms with Crippen molar-refractivity contribution in [3.8, 4) is 11.5 Å². The van der Waals surface area contributed by atoms with Crippen LogP contribution in [0, 0.1) is 0 Å². The van der Waals surface area contributed by atoms with Gasteiger partial charge in [-0.05, 0) is 43.3 Å². The number of esters is 1. The van der Waals surface area contributed by atoms with Gasteiger partial charge in [0.25, 0.3) is 5.91 Å².